The molecule has 2 aromatic rings. The standard InChI is InChI=1S/C20H33N7O2/c1-14-11-16(27(3)26-14)13-29-17-12-22-19(25-20(2)7-8-20)24-18(17)23-15(6-10-28)5-4-9-21/h11-12,15,28H,4-10,13,21H2,1-3H3,(H2,22,23,24,25). The average molecular weight is 404 g/mol. The van der Waals surface area contributed by atoms with Crippen LogP contribution in [0.2, 0.25) is 0 Å². The molecule has 1 aliphatic rings. The van der Waals surface area contributed by atoms with E-state index in [-0.39, 0.29) is 18.2 Å². The third-order valence-electron chi connectivity index (χ3n) is 5.22. The predicted octanol–water partition coefficient (Wildman–Crippen LogP) is 1.96. The number of nitrogens with one attached hydrogen (secondary N) is 2. The first-order chi connectivity index (χ1) is 13.9. The lowest BCUT2D eigenvalue weighted by molar-refractivity contribution is 0.275. The number of aryl methyl sites for hydroxylation is 2. The lowest BCUT2D eigenvalue weighted by Gasteiger charge is -2.21. The fraction of sp³-hybridized carbons (Fsp3) is 0.650. The Bertz CT molecular complexity index is 804. The molecule has 1 atom stereocenters. The number of aliphatic hydroxyl groups is 1. The quantitative estimate of drug-likeness (QED) is 0.424. The van der Waals surface area contributed by atoms with Crippen molar-refractivity contribution in [3.05, 3.63) is 23.7 Å². The zero-order valence-corrected chi connectivity index (χ0v) is 17.6. The van der Waals surface area contributed by atoms with Crippen molar-refractivity contribution in [3.8, 4) is 5.75 Å². The van der Waals surface area contributed by atoms with Crippen molar-refractivity contribution in [2.45, 2.75) is 64.1 Å². The number of hydrogen-bond acceptors (Lipinski definition) is 8. The summed E-state index contributed by atoms with van der Waals surface area (Å²) in [5, 5.41) is 20.6. The number of rotatable bonds is 12. The first-order valence-electron chi connectivity index (χ1n) is 10.3. The molecule has 0 saturated heterocycles. The number of aromatic nitrogens is 4. The van der Waals surface area contributed by atoms with Gasteiger partial charge in [0.15, 0.2) is 11.6 Å². The second-order valence-corrected chi connectivity index (χ2v) is 8.07. The molecule has 0 amide bonds. The molecule has 29 heavy (non-hydrogen) atoms. The minimum absolute atomic E-state index is 0.0594. The molecule has 0 aromatic carbocycles. The van der Waals surface area contributed by atoms with Crippen molar-refractivity contribution in [1.82, 2.24) is 19.7 Å². The van der Waals surface area contributed by atoms with Crippen LogP contribution in [0.15, 0.2) is 12.3 Å². The van der Waals surface area contributed by atoms with Gasteiger partial charge < -0.3 is 26.2 Å². The number of hydrogen-bond donors (Lipinski definition) is 4. The lowest BCUT2D eigenvalue weighted by atomic mass is 10.1. The molecule has 2 aromatic heterocycles. The van der Waals surface area contributed by atoms with E-state index in [1.807, 2.05) is 24.7 Å². The second kappa shape index (κ2) is 9.41. The van der Waals surface area contributed by atoms with Gasteiger partial charge in [0, 0.05) is 25.2 Å². The number of ether oxygens (including phenoxy) is 1. The van der Waals surface area contributed by atoms with Gasteiger partial charge in [0.1, 0.15) is 6.61 Å². The van der Waals surface area contributed by atoms with Gasteiger partial charge >= 0.3 is 0 Å². The molecule has 0 bridgehead atoms. The minimum Gasteiger partial charge on any atom is -0.482 e. The molecule has 1 fully saturated rings. The third kappa shape index (κ3) is 6.04. The largest absolute Gasteiger partial charge is 0.482 e. The van der Waals surface area contributed by atoms with Crippen molar-refractivity contribution in [3.63, 3.8) is 0 Å². The number of nitrogens with zero attached hydrogens (tertiary/aromatic N) is 4. The maximum atomic E-state index is 9.43. The molecular formula is C20H33N7O2. The summed E-state index contributed by atoms with van der Waals surface area (Å²) < 4.78 is 7.85. The molecule has 160 valence electrons. The van der Waals surface area contributed by atoms with Gasteiger partial charge in [-0.3, -0.25) is 4.68 Å². The Labute approximate surface area is 172 Å². The normalized spacial score (nSPS) is 15.8. The SMILES string of the molecule is Cc1cc(COc2cnc(NC3(C)CC3)nc2NC(CCO)CCCN)n(C)n1. The van der Waals surface area contributed by atoms with E-state index in [1.165, 1.54) is 0 Å². The summed E-state index contributed by atoms with van der Waals surface area (Å²) in [7, 11) is 1.90. The molecule has 1 saturated carbocycles. The zero-order chi connectivity index (χ0) is 20.9. The van der Waals surface area contributed by atoms with E-state index >= 15 is 0 Å². The van der Waals surface area contributed by atoms with Gasteiger partial charge in [-0.25, -0.2) is 4.98 Å². The molecule has 0 radical (unpaired) electrons. The Hall–Kier alpha value is -2.39. The monoisotopic (exact) mass is 403 g/mol. The maximum Gasteiger partial charge on any atom is 0.225 e. The molecule has 3 rings (SSSR count). The van der Waals surface area contributed by atoms with Gasteiger partial charge in [0.2, 0.25) is 5.95 Å². The lowest BCUT2D eigenvalue weighted by Crippen LogP contribution is -2.24. The summed E-state index contributed by atoms with van der Waals surface area (Å²) in [4.78, 5) is 9.12. The van der Waals surface area contributed by atoms with Gasteiger partial charge in [-0.1, -0.05) is 0 Å². The van der Waals surface area contributed by atoms with Gasteiger partial charge in [0.25, 0.3) is 0 Å². The van der Waals surface area contributed by atoms with Gasteiger partial charge in [-0.2, -0.15) is 10.1 Å². The van der Waals surface area contributed by atoms with Gasteiger partial charge in [-0.05, 0) is 58.6 Å². The zero-order valence-electron chi connectivity index (χ0n) is 17.6. The summed E-state index contributed by atoms with van der Waals surface area (Å²) in [6.45, 7) is 5.19. The van der Waals surface area contributed by atoms with E-state index in [4.69, 9.17) is 10.5 Å². The highest BCUT2D eigenvalue weighted by Gasteiger charge is 2.38. The van der Waals surface area contributed by atoms with E-state index in [9.17, 15) is 5.11 Å². The Morgan fingerprint density at radius 2 is 2.17 bits per heavy atom. The van der Waals surface area contributed by atoms with E-state index in [1.54, 1.807) is 6.20 Å². The van der Waals surface area contributed by atoms with Crippen molar-refractivity contribution in [2.75, 3.05) is 23.8 Å². The summed E-state index contributed by atoms with van der Waals surface area (Å²) in [6, 6.07) is 2.05. The van der Waals surface area contributed by atoms with Crippen molar-refractivity contribution >= 4 is 11.8 Å². The van der Waals surface area contributed by atoms with Crippen LogP contribution in [0.25, 0.3) is 0 Å². The molecule has 1 aliphatic carbocycles. The maximum absolute atomic E-state index is 9.43. The average Bonchev–Trinajstić information content (AvgIpc) is 3.31. The van der Waals surface area contributed by atoms with Gasteiger partial charge in [0.05, 0.1) is 17.6 Å². The van der Waals surface area contributed by atoms with Crippen molar-refractivity contribution < 1.29 is 9.84 Å². The minimum atomic E-state index is 0.0594. The highest BCUT2D eigenvalue weighted by Crippen LogP contribution is 2.38. The summed E-state index contributed by atoms with van der Waals surface area (Å²) in [5.74, 6) is 1.78. The molecule has 2 heterocycles. The Morgan fingerprint density at radius 1 is 1.38 bits per heavy atom. The van der Waals surface area contributed by atoms with Crippen LogP contribution in [0.4, 0.5) is 11.8 Å². The summed E-state index contributed by atoms with van der Waals surface area (Å²) in [6.07, 6.45) is 6.26. The predicted molar refractivity (Wildman–Crippen MR) is 113 cm³/mol. The highest BCUT2D eigenvalue weighted by atomic mass is 16.5. The van der Waals surface area contributed by atoms with E-state index < -0.39 is 0 Å². The second-order valence-electron chi connectivity index (χ2n) is 8.07. The Balaban J connectivity index is 1.77. The third-order valence-corrected chi connectivity index (χ3v) is 5.22. The highest BCUT2D eigenvalue weighted by molar-refractivity contribution is 5.53. The Kier molecular flexibility index (Phi) is 6.92. The van der Waals surface area contributed by atoms with Crippen LogP contribution in [-0.4, -0.2) is 49.6 Å². The number of anilines is 2. The van der Waals surface area contributed by atoms with Crippen LogP contribution < -0.4 is 21.1 Å². The molecule has 9 nitrogen and oxygen atoms in total. The first kappa shape index (κ1) is 21.3. The molecule has 1 unspecified atom stereocenters. The van der Waals surface area contributed by atoms with Gasteiger partial charge in [-0.15, -0.1) is 0 Å². The first-order valence-corrected chi connectivity index (χ1v) is 10.3. The van der Waals surface area contributed by atoms with Crippen LogP contribution in [0.5, 0.6) is 5.75 Å². The molecule has 0 aliphatic heterocycles. The smallest absolute Gasteiger partial charge is 0.225 e. The van der Waals surface area contributed by atoms with Crippen LogP contribution in [0.1, 0.15) is 50.4 Å². The van der Waals surface area contributed by atoms with E-state index in [0.29, 0.717) is 37.1 Å². The molecule has 5 N–H and O–H groups in total. The molecule has 0 spiro atoms. The van der Waals surface area contributed by atoms with Crippen LogP contribution >= 0.6 is 0 Å². The Morgan fingerprint density at radius 3 is 2.79 bits per heavy atom. The number of nitrogens with two attached hydrogens (primary N) is 1. The van der Waals surface area contributed by atoms with Crippen molar-refractivity contribution in [2.24, 2.45) is 12.8 Å². The molecular weight excluding hydrogens is 370 g/mol. The fourth-order valence-corrected chi connectivity index (χ4v) is 3.18. The molecule has 9 heteroatoms. The fourth-order valence-electron chi connectivity index (χ4n) is 3.18. The summed E-state index contributed by atoms with van der Waals surface area (Å²) >= 11 is 0. The van der Waals surface area contributed by atoms with Crippen molar-refractivity contribution in [1.29, 1.82) is 0 Å². The van der Waals surface area contributed by atoms with Crippen LogP contribution in [0.3, 0.4) is 0 Å². The van der Waals surface area contributed by atoms with E-state index in [0.717, 1.165) is 37.1 Å². The summed E-state index contributed by atoms with van der Waals surface area (Å²) in [5.41, 5.74) is 7.66. The van der Waals surface area contributed by atoms with Crippen LogP contribution in [0, 0.1) is 6.92 Å². The topological polar surface area (TPSA) is 123 Å². The van der Waals surface area contributed by atoms with Crippen LogP contribution in [-0.2, 0) is 13.7 Å². The number of aliphatic hydroxyl groups excluding tert-OH is 1. The van der Waals surface area contributed by atoms with E-state index in [2.05, 4.69) is 32.6 Å².